The van der Waals surface area contributed by atoms with Crippen molar-refractivity contribution in [1.29, 1.82) is 0 Å². The summed E-state index contributed by atoms with van der Waals surface area (Å²) in [5.41, 5.74) is 2.27. The van der Waals surface area contributed by atoms with Crippen molar-refractivity contribution in [2.45, 2.75) is 39.7 Å². The van der Waals surface area contributed by atoms with E-state index in [-0.39, 0.29) is 0 Å². The normalized spacial score (nSPS) is 11.6. The molecule has 2 aromatic rings. The molecule has 0 N–H and O–H groups in total. The Morgan fingerprint density at radius 1 is 1.32 bits per heavy atom. The van der Waals surface area contributed by atoms with E-state index in [1.54, 1.807) is 0 Å². The van der Waals surface area contributed by atoms with Crippen molar-refractivity contribution >= 4 is 38.6 Å². The predicted molar refractivity (Wildman–Crippen MR) is 85.9 cm³/mol. The van der Waals surface area contributed by atoms with Gasteiger partial charge in [0.2, 0.25) is 0 Å². The molecule has 1 heterocycles. The van der Waals surface area contributed by atoms with E-state index < -0.39 is 0 Å². The SMILES string of the molecule is CCC(CC)Cn1c(CCCl)nc2ccc(Br)cc21. The molecule has 2 nitrogen and oxygen atoms in total. The Morgan fingerprint density at radius 3 is 2.68 bits per heavy atom. The Bertz CT molecular complexity index is 546. The lowest BCUT2D eigenvalue weighted by molar-refractivity contribution is 0.417. The summed E-state index contributed by atoms with van der Waals surface area (Å²) in [4.78, 5) is 4.72. The lowest BCUT2D eigenvalue weighted by Gasteiger charge is -2.16. The second kappa shape index (κ2) is 6.76. The van der Waals surface area contributed by atoms with Crippen LogP contribution in [0.2, 0.25) is 0 Å². The van der Waals surface area contributed by atoms with Crippen LogP contribution < -0.4 is 0 Å². The topological polar surface area (TPSA) is 17.8 Å². The third-order valence-corrected chi connectivity index (χ3v) is 4.39. The number of fused-ring (bicyclic) bond motifs is 1. The number of imidazole rings is 1. The minimum Gasteiger partial charge on any atom is -0.328 e. The van der Waals surface area contributed by atoms with E-state index in [0.717, 1.165) is 28.8 Å². The van der Waals surface area contributed by atoms with Crippen LogP contribution in [-0.4, -0.2) is 15.4 Å². The maximum atomic E-state index is 5.91. The maximum absolute atomic E-state index is 5.91. The van der Waals surface area contributed by atoms with Gasteiger partial charge in [0.1, 0.15) is 5.82 Å². The van der Waals surface area contributed by atoms with Crippen molar-refractivity contribution in [2.24, 2.45) is 5.92 Å². The van der Waals surface area contributed by atoms with Gasteiger partial charge in [0, 0.05) is 23.3 Å². The average molecular weight is 344 g/mol. The fourth-order valence-electron chi connectivity index (χ4n) is 2.43. The van der Waals surface area contributed by atoms with Gasteiger partial charge in [-0.25, -0.2) is 4.98 Å². The molecule has 104 valence electrons. The van der Waals surface area contributed by atoms with Gasteiger partial charge in [0.05, 0.1) is 11.0 Å². The lowest BCUT2D eigenvalue weighted by atomic mass is 10.0. The Balaban J connectivity index is 2.46. The molecule has 0 spiro atoms. The summed E-state index contributed by atoms with van der Waals surface area (Å²) in [6, 6.07) is 6.27. The number of alkyl halides is 1. The molecule has 0 aliphatic rings. The van der Waals surface area contributed by atoms with Crippen molar-refractivity contribution in [3.05, 3.63) is 28.5 Å². The minimum atomic E-state index is 0.618. The predicted octanol–water partition coefficient (Wildman–Crippen LogP) is 5.02. The van der Waals surface area contributed by atoms with Crippen LogP contribution in [0.15, 0.2) is 22.7 Å². The van der Waals surface area contributed by atoms with Crippen LogP contribution in [0.1, 0.15) is 32.5 Å². The standard InChI is InChI=1S/C15H20BrClN2/c1-3-11(4-2)10-19-14-9-12(16)5-6-13(14)18-15(19)7-8-17/h5-6,9,11H,3-4,7-8,10H2,1-2H3. The monoisotopic (exact) mass is 342 g/mol. The second-order valence-corrected chi connectivity index (χ2v) is 6.19. The first-order valence-corrected chi connectivity index (χ1v) is 8.22. The van der Waals surface area contributed by atoms with Crippen LogP contribution >= 0.6 is 27.5 Å². The molecule has 0 aliphatic carbocycles. The van der Waals surface area contributed by atoms with Crippen LogP contribution in [0.4, 0.5) is 0 Å². The number of aryl methyl sites for hydroxylation is 1. The fourth-order valence-corrected chi connectivity index (χ4v) is 2.95. The molecular formula is C15H20BrClN2. The fraction of sp³-hybridized carbons (Fsp3) is 0.533. The molecule has 0 amide bonds. The zero-order valence-corrected chi connectivity index (χ0v) is 13.8. The molecule has 4 heteroatoms. The Kier molecular flexibility index (Phi) is 5.28. The summed E-state index contributed by atoms with van der Waals surface area (Å²) in [5, 5.41) is 0. The van der Waals surface area contributed by atoms with Crippen LogP contribution in [0.25, 0.3) is 11.0 Å². The van der Waals surface area contributed by atoms with Crippen LogP contribution in [-0.2, 0) is 13.0 Å². The van der Waals surface area contributed by atoms with Gasteiger partial charge >= 0.3 is 0 Å². The smallest absolute Gasteiger partial charge is 0.111 e. The van der Waals surface area contributed by atoms with Crippen molar-refractivity contribution in [2.75, 3.05) is 5.88 Å². The van der Waals surface area contributed by atoms with Crippen molar-refractivity contribution in [3.8, 4) is 0 Å². The summed E-state index contributed by atoms with van der Waals surface area (Å²) >= 11 is 9.46. The molecule has 0 fully saturated rings. The molecule has 0 atom stereocenters. The third kappa shape index (κ3) is 3.32. The molecule has 1 aromatic carbocycles. The van der Waals surface area contributed by atoms with Crippen molar-refractivity contribution in [3.63, 3.8) is 0 Å². The van der Waals surface area contributed by atoms with E-state index in [2.05, 4.69) is 46.5 Å². The van der Waals surface area contributed by atoms with Gasteiger partial charge in [-0.05, 0) is 24.1 Å². The van der Waals surface area contributed by atoms with Gasteiger partial charge in [-0.15, -0.1) is 11.6 Å². The van der Waals surface area contributed by atoms with E-state index in [0.29, 0.717) is 11.8 Å². The third-order valence-electron chi connectivity index (χ3n) is 3.70. The largest absolute Gasteiger partial charge is 0.328 e. The molecular weight excluding hydrogens is 324 g/mol. The Labute approximate surface area is 128 Å². The minimum absolute atomic E-state index is 0.618. The number of aromatic nitrogens is 2. The van der Waals surface area contributed by atoms with E-state index in [1.165, 1.54) is 18.4 Å². The molecule has 1 aromatic heterocycles. The zero-order valence-electron chi connectivity index (χ0n) is 11.5. The lowest BCUT2D eigenvalue weighted by Crippen LogP contribution is -2.12. The molecule has 0 aliphatic heterocycles. The van der Waals surface area contributed by atoms with Gasteiger partial charge in [-0.3, -0.25) is 0 Å². The molecule has 0 bridgehead atoms. The van der Waals surface area contributed by atoms with E-state index >= 15 is 0 Å². The molecule has 0 saturated heterocycles. The number of rotatable bonds is 6. The number of nitrogens with zero attached hydrogens (tertiary/aromatic N) is 2. The van der Waals surface area contributed by atoms with E-state index in [9.17, 15) is 0 Å². The summed E-state index contributed by atoms with van der Waals surface area (Å²) < 4.78 is 3.45. The van der Waals surface area contributed by atoms with Crippen LogP contribution in [0, 0.1) is 5.92 Å². The molecule has 2 rings (SSSR count). The highest BCUT2D eigenvalue weighted by molar-refractivity contribution is 9.10. The quantitative estimate of drug-likeness (QED) is 0.674. The van der Waals surface area contributed by atoms with Gasteiger partial charge in [-0.2, -0.15) is 0 Å². The van der Waals surface area contributed by atoms with Gasteiger partial charge < -0.3 is 4.57 Å². The van der Waals surface area contributed by atoms with Crippen molar-refractivity contribution in [1.82, 2.24) is 9.55 Å². The van der Waals surface area contributed by atoms with E-state index in [1.807, 2.05) is 6.07 Å². The highest BCUT2D eigenvalue weighted by atomic mass is 79.9. The zero-order chi connectivity index (χ0) is 13.8. The molecule has 0 saturated carbocycles. The molecule has 19 heavy (non-hydrogen) atoms. The average Bonchev–Trinajstić information content (AvgIpc) is 2.73. The van der Waals surface area contributed by atoms with E-state index in [4.69, 9.17) is 16.6 Å². The molecule has 0 unspecified atom stereocenters. The Morgan fingerprint density at radius 2 is 2.05 bits per heavy atom. The number of benzene rings is 1. The first kappa shape index (κ1) is 14.9. The van der Waals surface area contributed by atoms with Gasteiger partial charge in [-0.1, -0.05) is 42.6 Å². The molecule has 0 radical (unpaired) electrons. The highest BCUT2D eigenvalue weighted by Crippen LogP contribution is 2.24. The number of halogens is 2. The van der Waals surface area contributed by atoms with Gasteiger partial charge in [0.15, 0.2) is 0 Å². The number of hydrogen-bond donors (Lipinski definition) is 0. The van der Waals surface area contributed by atoms with Crippen LogP contribution in [0.3, 0.4) is 0 Å². The first-order chi connectivity index (χ1) is 9.19. The highest BCUT2D eigenvalue weighted by Gasteiger charge is 2.14. The van der Waals surface area contributed by atoms with Crippen LogP contribution in [0.5, 0.6) is 0 Å². The summed E-state index contributed by atoms with van der Waals surface area (Å²) in [5.74, 6) is 2.42. The maximum Gasteiger partial charge on any atom is 0.111 e. The first-order valence-electron chi connectivity index (χ1n) is 6.90. The number of hydrogen-bond acceptors (Lipinski definition) is 1. The summed E-state index contributed by atoms with van der Waals surface area (Å²) in [6.07, 6.45) is 3.23. The van der Waals surface area contributed by atoms with Crippen molar-refractivity contribution < 1.29 is 0 Å². The summed E-state index contributed by atoms with van der Waals surface area (Å²) in [7, 11) is 0. The van der Waals surface area contributed by atoms with Gasteiger partial charge in [0.25, 0.3) is 0 Å². The second-order valence-electron chi connectivity index (χ2n) is 4.89. The Hall–Kier alpha value is -0.540. The summed E-state index contributed by atoms with van der Waals surface area (Å²) in [6.45, 7) is 5.54.